The van der Waals surface area contributed by atoms with Crippen LogP contribution in [0.1, 0.15) is 32.7 Å². The molecule has 0 radical (unpaired) electrons. The van der Waals surface area contributed by atoms with E-state index in [1.807, 2.05) is 71.7 Å². The molecule has 4 heterocycles. The maximum atomic E-state index is 13.5. The van der Waals surface area contributed by atoms with Gasteiger partial charge in [-0.2, -0.15) is 5.10 Å². The smallest absolute Gasteiger partial charge is 0.253 e. The number of hydrogen-bond acceptors (Lipinski definition) is 7. The fourth-order valence-electron chi connectivity index (χ4n) is 6.19. The SMILES string of the molecule is Cn1cc(C2=CN(C3CCN(C(=O)c4ccc5cc(C(=O)N6CCN(CCO)CC6)ccc5c4)C3)CC(C(N)=O)=C2)cn1. The molecule has 3 aromatic rings. The third kappa shape index (κ3) is 6.04. The maximum absolute atomic E-state index is 13.5. The van der Waals surface area contributed by atoms with E-state index in [9.17, 15) is 14.4 Å². The lowest BCUT2D eigenvalue weighted by Gasteiger charge is -2.34. The lowest BCUT2D eigenvalue weighted by molar-refractivity contribution is -0.114. The number of carbonyl (C=O) groups excluding carboxylic acids is 3. The Balaban J connectivity index is 1.12. The molecule has 6 rings (SSSR count). The zero-order valence-electron chi connectivity index (χ0n) is 24.4. The Morgan fingerprint density at radius 1 is 0.953 bits per heavy atom. The Kier molecular flexibility index (Phi) is 8.00. The number of nitrogens with two attached hydrogens (primary N) is 1. The van der Waals surface area contributed by atoms with Gasteiger partial charge in [0.1, 0.15) is 0 Å². The number of aromatic nitrogens is 2. The molecule has 224 valence electrons. The van der Waals surface area contributed by atoms with Gasteiger partial charge in [-0.05, 0) is 47.5 Å². The lowest BCUT2D eigenvalue weighted by Crippen LogP contribution is -2.49. The number of allylic oxidation sites excluding steroid dienone is 2. The van der Waals surface area contributed by atoms with Crippen molar-refractivity contribution >= 4 is 34.1 Å². The van der Waals surface area contributed by atoms with Gasteiger partial charge in [-0.15, -0.1) is 0 Å². The van der Waals surface area contributed by atoms with E-state index in [4.69, 9.17) is 10.8 Å². The Labute approximate surface area is 250 Å². The summed E-state index contributed by atoms with van der Waals surface area (Å²) in [7, 11) is 1.85. The van der Waals surface area contributed by atoms with Crippen LogP contribution in [-0.2, 0) is 11.8 Å². The molecule has 1 unspecified atom stereocenters. The molecule has 11 nitrogen and oxygen atoms in total. The molecule has 43 heavy (non-hydrogen) atoms. The maximum Gasteiger partial charge on any atom is 0.253 e. The predicted molar refractivity (Wildman–Crippen MR) is 163 cm³/mol. The molecule has 2 aromatic carbocycles. The molecule has 3 aliphatic rings. The van der Waals surface area contributed by atoms with Crippen LogP contribution in [0.4, 0.5) is 0 Å². The zero-order chi connectivity index (χ0) is 30.1. The fraction of sp³-hybridized carbons (Fsp3) is 0.375. The second kappa shape index (κ2) is 12.0. The minimum atomic E-state index is -0.452. The quantitative estimate of drug-likeness (QED) is 0.429. The number of likely N-dealkylation sites (tertiary alicyclic amines) is 1. The minimum absolute atomic E-state index is 0.00148. The fourth-order valence-corrected chi connectivity index (χ4v) is 6.19. The second-order valence-corrected chi connectivity index (χ2v) is 11.5. The molecule has 2 fully saturated rings. The molecule has 3 aliphatic heterocycles. The number of nitrogens with zero attached hydrogens (tertiary/aromatic N) is 6. The van der Waals surface area contributed by atoms with Gasteiger partial charge in [-0.25, -0.2) is 0 Å². The van der Waals surface area contributed by atoms with Crippen molar-refractivity contribution in [1.29, 1.82) is 0 Å². The van der Waals surface area contributed by atoms with Gasteiger partial charge in [0, 0.05) is 106 Å². The van der Waals surface area contributed by atoms with Gasteiger partial charge in [0.2, 0.25) is 5.91 Å². The summed E-state index contributed by atoms with van der Waals surface area (Å²) in [5.74, 6) is -0.488. The van der Waals surface area contributed by atoms with Crippen LogP contribution in [0.2, 0.25) is 0 Å². The highest BCUT2D eigenvalue weighted by Gasteiger charge is 2.32. The number of hydrogen-bond donors (Lipinski definition) is 2. The van der Waals surface area contributed by atoms with Crippen LogP contribution >= 0.6 is 0 Å². The van der Waals surface area contributed by atoms with E-state index in [1.54, 1.807) is 10.9 Å². The van der Waals surface area contributed by atoms with Crippen molar-refractivity contribution in [3.63, 3.8) is 0 Å². The number of piperazine rings is 1. The van der Waals surface area contributed by atoms with Crippen molar-refractivity contribution in [2.45, 2.75) is 12.5 Å². The van der Waals surface area contributed by atoms with Crippen molar-refractivity contribution in [3.8, 4) is 0 Å². The Morgan fingerprint density at radius 2 is 1.63 bits per heavy atom. The first-order chi connectivity index (χ1) is 20.8. The van der Waals surface area contributed by atoms with E-state index < -0.39 is 5.91 Å². The third-order valence-corrected chi connectivity index (χ3v) is 8.67. The predicted octanol–water partition coefficient (Wildman–Crippen LogP) is 1.31. The first-order valence-electron chi connectivity index (χ1n) is 14.7. The summed E-state index contributed by atoms with van der Waals surface area (Å²) in [6.07, 6.45) is 8.29. The summed E-state index contributed by atoms with van der Waals surface area (Å²) >= 11 is 0. The average Bonchev–Trinajstić information content (AvgIpc) is 3.70. The van der Waals surface area contributed by atoms with Gasteiger partial charge < -0.3 is 25.5 Å². The molecule has 0 bridgehead atoms. The molecule has 1 atom stereocenters. The van der Waals surface area contributed by atoms with Crippen LogP contribution in [0.15, 0.2) is 66.6 Å². The number of β-amino-alcohol motifs (C(OH)–C–C–N with tert-alkyl or cyclic N) is 1. The van der Waals surface area contributed by atoms with Gasteiger partial charge in [0.25, 0.3) is 11.8 Å². The van der Waals surface area contributed by atoms with Crippen molar-refractivity contribution in [1.82, 2.24) is 29.4 Å². The van der Waals surface area contributed by atoms with Gasteiger partial charge in [0.15, 0.2) is 0 Å². The van der Waals surface area contributed by atoms with Crippen molar-refractivity contribution < 1.29 is 19.5 Å². The molecule has 1 aromatic heterocycles. The van der Waals surface area contributed by atoms with E-state index in [1.165, 1.54) is 0 Å². The third-order valence-electron chi connectivity index (χ3n) is 8.67. The highest BCUT2D eigenvalue weighted by Crippen LogP contribution is 2.28. The average molecular weight is 584 g/mol. The molecule has 2 saturated heterocycles. The van der Waals surface area contributed by atoms with Gasteiger partial charge >= 0.3 is 0 Å². The molecular weight excluding hydrogens is 546 g/mol. The number of carbonyl (C=O) groups is 3. The van der Waals surface area contributed by atoms with Crippen LogP contribution in [0.5, 0.6) is 0 Å². The summed E-state index contributed by atoms with van der Waals surface area (Å²) in [4.78, 5) is 46.8. The van der Waals surface area contributed by atoms with Gasteiger partial charge in [0.05, 0.1) is 12.8 Å². The molecule has 3 N–H and O–H groups in total. The number of fused-ring (bicyclic) bond motifs is 1. The number of rotatable bonds is 7. The Hall–Kier alpha value is -4.48. The topological polar surface area (TPSA) is 128 Å². The van der Waals surface area contributed by atoms with Crippen LogP contribution < -0.4 is 5.73 Å². The Bertz CT molecular complexity index is 1620. The van der Waals surface area contributed by atoms with Gasteiger partial charge in [-0.3, -0.25) is 24.0 Å². The van der Waals surface area contributed by atoms with E-state index in [-0.39, 0.29) is 24.5 Å². The van der Waals surface area contributed by atoms with Crippen molar-refractivity contribution in [3.05, 3.63) is 83.3 Å². The highest BCUT2D eigenvalue weighted by molar-refractivity contribution is 6.02. The number of aliphatic hydroxyl groups excluding tert-OH is 1. The summed E-state index contributed by atoms with van der Waals surface area (Å²) in [5, 5.41) is 15.2. The van der Waals surface area contributed by atoms with E-state index >= 15 is 0 Å². The normalized spacial score (nSPS) is 19.5. The van der Waals surface area contributed by atoms with E-state index in [2.05, 4.69) is 14.9 Å². The second-order valence-electron chi connectivity index (χ2n) is 11.5. The minimum Gasteiger partial charge on any atom is -0.395 e. The number of aryl methyl sites for hydroxylation is 1. The lowest BCUT2D eigenvalue weighted by atomic mass is 10.0. The standard InChI is InChI=1S/C32H37N7O4/c1-35-18-28(17-34-35)26-16-27(30(33)41)20-39(19-26)29-6-7-38(21-29)32(43)25-5-3-22-14-24(4-2-23(22)15-25)31(42)37-10-8-36(9-11-37)12-13-40/h2-5,14-19,29,40H,6-13,20-21H2,1H3,(H2,33,41). The summed E-state index contributed by atoms with van der Waals surface area (Å²) in [6, 6.07) is 11.3. The number of benzene rings is 2. The first-order valence-corrected chi connectivity index (χ1v) is 14.7. The molecule has 11 heteroatoms. The van der Waals surface area contributed by atoms with Crippen LogP contribution in [0.3, 0.4) is 0 Å². The number of aliphatic hydroxyl groups is 1. The van der Waals surface area contributed by atoms with Crippen LogP contribution in [0, 0.1) is 0 Å². The monoisotopic (exact) mass is 583 g/mol. The van der Waals surface area contributed by atoms with Crippen molar-refractivity contribution in [2.24, 2.45) is 12.8 Å². The van der Waals surface area contributed by atoms with Crippen LogP contribution in [0.25, 0.3) is 16.3 Å². The molecule has 0 aliphatic carbocycles. The summed E-state index contributed by atoms with van der Waals surface area (Å²) in [6.45, 7) is 5.10. The summed E-state index contributed by atoms with van der Waals surface area (Å²) < 4.78 is 1.72. The Morgan fingerprint density at radius 3 is 2.23 bits per heavy atom. The molecular formula is C32H37N7O4. The molecule has 0 spiro atoms. The van der Waals surface area contributed by atoms with Crippen molar-refractivity contribution in [2.75, 3.05) is 59.0 Å². The zero-order valence-corrected chi connectivity index (χ0v) is 24.4. The highest BCUT2D eigenvalue weighted by atomic mass is 16.3. The van der Waals surface area contributed by atoms with Crippen LogP contribution in [-0.4, -0.2) is 117 Å². The van der Waals surface area contributed by atoms with E-state index in [0.29, 0.717) is 56.0 Å². The summed E-state index contributed by atoms with van der Waals surface area (Å²) in [5.41, 5.74) is 9.21. The molecule has 0 saturated carbocycles. The number of amides is 3. The molecule has 3 amide bonds. The largest absolute Gasteiger partial charge is 0.395 e. The van der Waals surface area contributed by atoms with Gasteiger partial charge in [-0.1, -0.05) is 12.1 Å². The first kappa shape index (κ1) is 28.6. The van der Waals surface area contributed by atoms with E-state index in [0.717, 1.165) is 41.4 Å². The number of primary amides is 1.